The van der Waals surface area contributed by atoms with E-state index in [9.17, 15) is 0 Å². The van der Waals surface area contributed by atoms with Crippen molar-refractivity contribution >= 4 is 49.5 Å². The van der Waals surface area contributed by atoms with Crippen LogP contribution in [0.15, 0.2) is 212 Å². The zero-order valence-corrected chi connectivity index (χ0v) is 30.0. The maximum Gasteiger partial charge on any atom is 0.0788 e. The van der Waals surface area contributed by atoms with Crippen LogP contribution >= 0.6 is 0 Å². The molecule has 0 aliphatic carbocycles. The smallest absolute Gasteiger partial charge is 0.0788 e. The van der Waals surface area contributed by atoms with E-state index in [1.807, 2.05) is 6.07 Å². The molecule has 0 fully saturated rings. The van der Waals surface area contributed by atoms with E-state index in [0.29, 0.717) is 0 Å². The van der Waals surface area contributed by atoms with Crippen LogP contribution in [0.1, 0.15) is 0 Å². The summed E-state index contributed by atoms with van der Waals surface area (Å²) in [7, 11) is 0. The van der Waals surface area contributed by atoms with Gasteiger partial charge in [-0.2, -0.15) is 0 Å². The fourth-order valence-corrected chi connectivity index (χ4v) is 7.76. The highest BCUT2D eigenvalue weighted by molar-refractivity contribution is 6.22. The second kappa shape index (κ2) is 13.9. The third-order valence-corrected chi connectivity index (χ3v) is 10.4. The predicted octanol–water partition coefficient (Wildman–Crippen LogP) is 14.1. The van der Waals surface area contributed by atoms with Gasteiger partial charge in [0.1, 0.15) is 0 Å². The van der Waals surface area contributed by atoms with E-state index in [2.05, 4.69) is 211 Å². The van der Waals surface area contributed by atoms with E-state index in [1.165, 1.54) is 16.3 Å². The Morgan fingerprint density at radius 3 is 1.51 bits per heavy atom. The molecule has 0 bridgehead atoms. The molecule has 0 spiro atoms. The Labute approximate surface area is 320 Å². The summed E-state index contributed by atoms with van der Waals surface area (Å²) in [5.74, 6) is 0. The van der Waals surface area contributed by atoms with Crippen molar-refractivity contribution in [1.82, 2.24) is 9.97 Å². The Kier molecular flexibility index (Phi) is 8.16. The minimum Gasteiger partial charge on any atom is -0.311 e. The van der Waals surface area contributed by atoms with Crippen molar-refractivity contribution in [2.75, 3.05) is 4.90 Å². The molecule has 10 rings (SSSR count). The van der Waals surface area contributed by atoms with E-state index < -0.39 is 0 Å². The fraction of sp³-hybridized carbons (Fsp3) is 0. The molecule has 8 aromatic carbocycles. The number of para-hydroxylation sites is 3. The van der Waals surface area contributed by atoms with E-state index in [0.717, 1.165) is 78.1 Å². The van der Waals surface area contributed by atoms with E-state index in [4.69, 9.17) is 9.97 Å². The number of anilines is 3. The van der Waals surface area contributed by atoms with Crippen LogP contribution < -0.4 is 4.90 Å². The van der Waals surface area contributed by atoms with Crippen molar-refractivity contribution < 1.29 is 0 Å². The highest BCUT2D eigenvalue weighted by atomic mass is 15.1. The van der Waals surface area contributed by atoms with Gasteiger partial charge in [0, 0.05) is 49.9 Å². The maximum atomic E-state index is 5.29. The Bertz CT molecular complexity index is 2850. The summed E-state index contributed by atoms with van der Waals surface area (Å²) in [6.07, 6.45) is 0. The molecule has 0 N–H and O–H groups in total. The van der Waals surface area contributed by atoms with Crippen LogP contribution in [0.4, 0.5) is 17.1 Å². The molecule has 3 heteroatoms. The number of fused-ring (bicyclic) bond motifs is 5. The molecular formula is C52H35N3. The Morgan fingerprint density at radius 1 is 0.309 bits per heavy atom. The molecule has 2 aromatic heterocycles. The molecule has 3 nitrogen and oxygen atoms in total. The van der Waals surface area contributed by atoms with Crippen molar-refractivity contribution in [3.8, 4) is 44.9 Å². The van der Waals surface area contributed by atoms with Gasteiger partial charge in [-0.25, -0.2) is 9.97 Å². The highest BCUT2D eigenvalue weighted by Crippen LogP contribution is 2.40. The van der Waals surface area contributed by atoms with E-state index in [-0.39, 0.29) is 0 Å². The summed E-state index contributed by atoms with van der Waals surface area (Å²) >= 11 is 0. The molecule has 0 saturated carbocycles. The predicted molar refractivity (Wildman–Crippen MR) is 231 cm³/mol. The molecule has 0 amide bonds. The maximum absolute atomic E-state index is 5.29. The summed E-state index contributed by atoms with van der Waals surface area (Å²) in [6.45, 7) is 0. The second-order valence-electron chi connectivity index (χ2n) is 13.8. The molecule has 10 aromatic rings. The standard InChI is InChI=1S/C52H35N3/c1-5-15-36(16-6-1)41-34-49(37-17-7-2-8-18-37)53-50(35-41)40-28-31-45-39(33-40)27-32-47-51(45)46-23-13-14-24-48(46)54-52(47)38-25-29-44(30-26-38)55(42-19-9-3-10-20-42)43-21-11-4-12-22-43/h1-35H. The zero-order valence-electron chi connectivity index (χ0n) is 30.0. The van der Waals surface area contributed by atoms with E-state index >= 15 is 0 Å². The number of aromatic nitrogens is 2. The lowest BCUT2D eigenvalue weighted by Crippen LogP contribution is -2.09. The number of hydrogen-bond donors (Lipinski definition) is 0. The quantitative estimate of drug-likeness (QED) is 0.155. The molecule has 55 heavy (non-hydrogen) atoms. The average Bonchev–Trinajstić information content (AvgIpc) is 3.27. The zero-order chi connectivity index (χ0) is 36.6. The first-order valence-corrected chi connectivity index (χ1v) is 18.7. The number of nitrogens with zero attached hydrogens (tertiary/aromatic N) is 3. The molecule has 0 radical (unpaired) electrons. The number of benzene rings is 8. The molecule has 0 unspecified atom stereocenters. The molecule has 0 aliphatic rings. The van der Waals surface area contributed by atoms with Crippen LogP contribution in [0.25, 0.3) is 77.3 Å². The molecule has 0 saturated heterocycles. The summed E-state index contributed by atoms with van der Waals surface area (Å²) in [5.41, 5.74) is 12.7. The molecule has 0 atom stereocenters. The number of rotatable bonds is 7. The lowest BCUT2D eigenvalue weighted by molar-refractivity contribution is 1.28. The van der Waals surface area contributed by atoms with E-state index in [1.54, 1.807) is 0 Å². The lowest BCUT2D eigenvalue weighted by atomic mass is 9.93. The van der Waals surface area contributed by atoms with Gasteiger partial charge in [0.05, 0.1) is 22.6 Å². The van der Waals surface area contributed by atoms with Gasteiger partial charge in [-0.3, -0.25) is 0 Å². The lowest BCUT2D eigenvalue weighted by Gasteiger charge is -2.25. The third-order valence-electron chi connectivity index (χ3n) is 10.4. The first-order chi connectivity index (χ1) is 27.3. The largest absolute Gasteiger partial charge is 0.311 e. The van der Waals surface area contributed by atoms with Crippen molar-refractivity contribution in [1.29, 1.82) is 0 Å². The molecule has 258 valence electrons. The highest BCUT2D eigenvalue weighted by Gasteiger charge is 2.17. The molecule has 0 aliphatic heterocycles. The van der Waals surface area contributed by atoms with Gasteiger partial charge in [0.25, 0.3) is 0 Å². The molecule has 2 heterocycles. The normalized spacial score (nSPS) is 11.3. The Balaban J connectivity index is 1.10. The van der Waals surface area contributed by atoms with Crippen LogP contribution in [0.2, 0.25) is 0 Å². The van der Waals surface area contributed by atoms with Gasteiger partial charge < -0.3 is 4.90 Å². The van der Waals surface area contributed by atoms with Gasteiger partial charge in [0.15, 0.2) is 0 Å². The van der Waals surface area contributed by atoms with Crippen LogP contribution in [-0.2, 0) is 0 Å². The van der Waals surface area contributed by atoms with Crippen LogP contribution in [0.3, 0.4) is 0 Å². The Hall–Kier alpha value is -7.36. The van der Waals surface area contributed by atoms with Crippen molar-refractivity contribution in [2.24, 2.45) is 0 Å². The number of hydrogen-bond acceptors (Lipinski definition) is 3. The summed E-state index contributed by atoms with van der Waals surface area (Å²) in [6, 6.07) is 75.0. The van der Waals surface area contributed by atoms with Crippen LogP contribution in [0, 0.1) is 0 Å². The minimum absolute atomic E-state index is 0.947. The SMILES string of the molecule is c1ccc(-c2cc(-c3ccccc3)nc(-c3ccc4c(ccc5c(-c6ccc(N(c7ccccc7)c7ccccc7)cc6)nc6ccccc6c54)c3)c2)cc1. The molecular weight excluding hydrogens is 667 g/mol. The summed E-state index contributed by atoms with van der Waals surface area (Å²) in [4.78, 5) is 12.8. The topological polar surface area (TPSA) is 29.0 Å². The van der Waals surface area contributed by atoms with Gasteiger partial charge in [-0.05, 0) is 82.6 Å². The second-order valence-corrected chi connectivity index (χ2v) is 13.8. The van der Waals surface area contributed by atoms with Crippen molar-refractivity contribution in [3.05, 3.63) is 212 Å². The third kappa shape index (κ3) is 6.08. The van der Waals surface area contributed by atoms with Crippen molar-refractivity contribution in [3.63, 3.8) is 0 Å². The Morgan fingerprint density at radius 2 is 0.836 bits per heavy atom. The van der Waals surface area contributed by atoms with Gasteiger partial charge in [-0.15, -0.1) is 0 Å². The van der Waals surface area contributed by atoms with Gasteiger partial charge in [-0.1, -0.05) is 152 Å². The van der Waals surface area contributed by atoms with Gasteiger partial charge in [0.2, 0.25) is 0 Å². The first kappa shape index (κ1) is 32.3. The monoisotopic (exact) mass is 701 g/mol. The van der Waals surface area contributed by atoms with Crippen LogP contribution in [0.5, 0.6) is 0 Å². The average molecular weight is 702 g/mol. The van der Waals surface area contributed by atoms with Gasteiger partial charge >= 0.3 is 0 Å². The summed E-state index contributed by atoms with van der Waals surface area (Å²) < 4.78 is 0. The summed E-state index contributed by atoms with van der Waals surface area (Å²) in [5, 5.41) is 5.84. The number of pyridine rings is 2. The minimum atomic E-state index is 0.947. The van der Waals surface area contributed by atoms with Crippen LogP contribution in [-0.4, -0.2) is 9.97 Å². The first-order valence-electron chi connectivity index (χ1n) is 18.7. The fourth-order valence-electron chi connectivity index (χ4n) is 7.76. The van der Waals surface area contributed by atoms with Crippen molar-refractivity contribution in [2.45, 2.75) is 0 Å².